The molecule has 0 radical (unpaired) electrons. The molecule has 86 valence electrons. The van der Waals surface area contributed by atoms with Crippen molar-refractivity contribution in [2.45, 2.75) is 32.7 Å². The van der Waals surface area contributed by atoms with E-state index >= 15 is 0 Å². The summed E-state index contributed by atoms with van der Waals surface area (Å²) in [5.41, 5.74) is 1.14. The van der Waals surface area contributed by atoms with Crippen molar-refractivity contribution in [3.63, 3.8) is 0 Å². The first-order valence-electron chi connectivity index (χ1n) is 5.53. The largest absolute Gasteiger partial charge is 0.352 e. The summed E-state index contributed by atoms with van der Waals surface area (Å²) in [7, 11) is 0. The van der Waals surface area contributed by atoms with Gasteiger partial charge in [0, 0.05) is 17.8 Å². The standard InChI is InChI=1S/C11H16N4S/c1-3-8-7-16-11(14-8)15-9(4-2)10-12-5-6-13-10/h5-7,9H,3-4H2,1-2H3,(H,12,13)(H,14,15). The van der Waals surface area contributed by atoms with Gasteiger partial charge >= 0.3 is 0 Å². The fourth-order valence-electron chi connectivity index (χ4n) is 1.52. The van der Waals surface area contributed by atoms with E-state index in [4.69, 9.17) is 0 Å². The van der Waals surface area contributed by atoms with Crippen molar-refractivity contribution in [3.05, 3.63) is 29.3 Å². The Kier molecular flexibility index (Phi) is 3.56. The maximum atomic E-state index is 4.49. The normalized spacial score (nSPS) is 12.6. The van der Waals surface area contributed by atoms with Gasteiger partial charge in [-0.2, -0.15) is 0 Å². The third kappa shape index (κ3) is 2.41. The molecule has 2 heterocycles. The maximum Gasteiger partial charge on any atom is 0.183 e. The average Bonchev–Trinajstić information content (AvgIpc) is 2.96. The van der Waals surface area contributed by atoms with Crippen LogP contribution in [0.5, 0.6) is 0 Å². The number of aromatic amines is 1. The van der Waals surface area contributed by atoms with Gasteiger partial charge in [0.1, 0.15) is 5.82 Å². The van der Waals surface area contributed by atoms with E-state index in [1.54, 1.807) is 17.5 Å². The van der Waals surface area contributed by atoms with E-state index in [1.165, 1.54) is 0 Å². The number of nitrogens with zero attached hydrogens (tertiary/aromatic N) is 2. The van der Waals surface area contributed by atoms with Crippen LogP contribution in [0.4, 0.5) is 5.13 Å². The molecule has 0 amide bonds. The van der Waals surface area contributed by atoms with Gasteiger partial charge in [-0.3, -0.25) is 0 Å². The average molecular weight is 236 g/mol. The number of rotatable bonds is 5. The van der Waals surface area contributed by atoms with E-state index in [1.807, 2.05) is 6.20 Å². The quantitative estimate of drug-likeness (QED) is 0.839. The van der Waals surface area contributed by atoms with Crippen molar-refractivity contribution >= 4 is 16.5 Å². The lowest BCUT2D eigenvalue weighted by Crippen LogP contribution is -2.11. The molecule has 0 fully saturated rings. The summed E-state index contributed by atoms with van der Waals surface area (Å²) in [6.07, 6.45) is 5.59. The molecule has 2 N–H and O–H groups in total. The second-order valence-electron chi connectivity index (χ2n) is 3.58. The molecule has 0 bridgehead atoms. The number of nitrogens with one attached hydrogen (secondary N) is 2. The third-order valence-corrected chi connectivity index (χ3v) is 3.29. The van der Waals surface area contributed by atoms with Gasteiger partial charge in [-0.25, -0.2) is 9.97 Å². The van der Waals surface area contributed by atoms with Crippen molar-refractivity contribution in [1.29, 1.82) is 0 Å². The highest BCUT2D eigenvalue weighted by molar-refractivity contribution is 7.13. The van der Waals surface area contributed by atoms with Crippen LogP contribution in [0, 0.1) is 0 Å². The Balaban J connectivity index is 2.07. The minimum absolute atomic E-state index is 0.214. The third-order valence-electron chi connectivity index (χ3n) is 2.47. The van der Waals surface area contributed by atoms with Gasteiger partial charge in [0.2, 0.25) is 0 Å². The van der Waals surface area contributed by atoms with E-state index in [0.717, 1.165) is 29.5 Å². The molecule has 16 heavy (non-hydrogen) atoms. The molecule has 2 rings (SSSR count). The van der Waals surface area contributed by atoms with Crippen LogP contribution in [-0.4, -0.2) is 15.0 Å². The second-order valence-corrected chi connectivity index (χ2v) is 4.44. The van der Waals surface area contributed by atoms with Crippen molar-refractivity contribution in [2.75, 3.05) is 5.32 Å². The highest BCUT2D eigenvalue weighted by Gasteiger charge is 2.12. The fraction of sp³-hybridized carbons (Fsp3) is 0.455. The van der Waals surface area contributed by atoms with Crippen LogP contribution >= 0.6 is 11.3 Å². The van der Waals surface area contributed by atoms with Crippen molar-refractivity contribution in [2.24, 2.45) is 0 Å². The molecule has 0 saturated heterocycles. The first kappa shape index (κ1) is 11.1. The number of thiazole rings is 1. The lowest BCUT2D eigenvalue weighted by molar-refractivity contribution is 0.702. The van der Waals surface area contributed by atoms with Crippen LogP contribution in [0.15, 0.2) is 17.8 Å². The van der Waals surface area contributed by atoms with E-state index in [-0.39, 0.29) is 6.04 Å². The van der Waals surface area contributed by atoms with Crippen LogP contribution in [0.1, 0.15) is 37.8 Å². The number of aryl methyl sites for hydroxylation is 1. The zero-order chi connectivity index (χ0) is 11.4. The molecule has 0 spiro atoms. The molecule has 0 saturated carbocycles. The summed E-state index contributed by atoms with van der Waals surface area (Å²) < 4.78 is 0. The number of hydrogen-bond acceptors (Lipinski definition) is 4. The SMILES string of the molecule is CCc1csc(NC(CC)c2ncc[nH]2)n1. The van der Waals surface area contributed by atoms with Crippen molar-refractivity contribution < 1.29 is 0 Å². The summed E-state index contributed by atoms with van der Waals surface area (Å²) in [5.74, 6) is 0.968. The molecule has 1 atom stereocenters. The smallest absolute Gasteiger partial charge is 0.183 e. The highest BCUT2D eigenvalue weighted by Crippen LogP contribution is 2.23. The first-order chi connectivity index (χ1) is 7.83. The molecule has 5 heteroatoms. The molecule has 0 aliphatic heterocycles. The number of anilines is 1. The second kappa shape index (κ2) is 5.12. The number of aromatic nitrogens is 3. The molecular weight excluding hydrogens is 220 g/mol. The minimum Gasteiger partial charge on any atom is -0.352 e. The number of hydrogen-bond donors (Lipinski definition) is 2. The first-order valence-corrected chi connectivity index (χ1v) is 6.41. The zero-order valence-corrected chi connectivity index (χ0v) is 10.3. The zero-order valence-electron chi connectivity index (χ0n) is 9.53. The Morgan fingerprint density at radius 3 is 2.94 bits per heavy atom. The molecule has 0 aliphatic carbocycles. The number of imidazole rings is 1. The monoisotopic (exact) mass is 236 g/mol. The fourth-order valence-corrected chi connectivity index (χ4v) is 2.36. The van der Waals surface area contributed by atoms with Gasteiger partial charge in [0.05, 0.1) is 11.7 Å². The lowest BCUT2D eigenvalue weighted by atomic mass is 10.2. The van der Waals surface area contributed by atoms with E-state index in [0.29, 0.717) is 0 Å². The van der Waals surface area contributed by atoms with Crippen LogP contribution in [0.3, 0.4) is 0 Å². The topological polar surface area (TPSA) is 53.6 Å². The van der Waals surface area contributed by atoms with Gasteiger partial charge in [-0.1, -0.05) is 13.8 Å². The Morgan fingerprint density at radius 2 is 2.38 bits per heavy atom. The number of H-pyrrole nitrogens is 1. The Labute approximate surface area is 99.2 Å². The Bertz CT molecular complexity index is 421. The molecular formula is C11H16N4S. The minimum atomic E-state index is 0.214. The Morgan fingerprint density at radius 1 is 1.50 bits per heavy atom. The van der Waals surface area contributed by atoms with Crippen LogP contribution in [0.25, 0.3) is 0 Å². The van der Waals surface area contributed by atoms with Crippen molar-refractivity contribution in [1.82, 2.24) is 15.0 Å². The van der Waals surface area contributed by atoms with Crippen LogP contribution in [0.2, 0.25) is 0 Å². The molecule has 2 aromatic rings. The van der Waals surface area contributed by atoms with Crippen molar-refractivity contribution in [3.8, 4) is 0 Å². The highest BCUT2D eigenvalue weighted by atomic mass is 32.1. The molecule has 2 aromatic heterocycles. The summed E-state index contributed by atoms with van der Waals surface area (Å²) in [5, 5.41) is 6.47. The maximum absolute atomic E-state index is 4.49. The molecule has 0 aliphatic rings. The van der Waals surface area contributed by atoms with Gasteiger partial charge in [-0.15, -0.1) is 11.3 Å². The Hall–Kier alpha value is -1.36. The van der Waals surface area contributed by atoms with Gasteiger partial charge < -0.3 is 10.3 Å². The summed E-state index contributed by atoms with van der Waals surface area (Å²) in [6.45, 7) is 4.25. The predicted molar refractivity (Wildman–Crippen MR) is 66.7 cm³/mol. The van der Waals surface area contributed by atoms with Gasteiger partial charge in [0.15, 0.2) is 5.13 Å². The predicted octanol–water partition coefficient (Wildman–Crippen LogP) is 2.99. The van der Waals surface area contributed by atoms with Crippen LogP contribution < -0.4 is 5.32 Å². The van der Waals surface area contributed by atoms with E-state index in [2.05, 4.69) is 39.5 Å². The van der Waals surface area contributed by atoms with Gasteiger partial charge in [-0.05, 0) is 12.8 Å². The molecule has 4 nitrogen and oxygen atoms in total. The van der Waals surface area contributed by atoms with Crippen LogP contribution in [-0.2, 0) is 6.42 Å². The lowest BCUT2D eigenvalue weighted by Gasteiger charge is -2.13. The summed E-state index contributed by atoms with van der Waals surface area (Å²) >= 11 is 1.65. The van der Waals surface area contributed by atoms with Gasteiger partial charge in [0.25, 0.3) is 0 Å². The van der Waals surface area contributed by atoms with E-state index in [9.17, 15) is 0 Å². The van der Waals surface area contributed by atoms with E-state index < -0.39 is 0 Å². The summed E-state index contributed by atoms with van der Waals surface area (Å²) in [6, 6.07) is 0.214. The molecule has 0 aromatic carbocycles. The molecule has 1 unspecified atom stereocenters. The summed E-state index contributed by atoms with van der Waals surface area (Å²) in [4.78, 5) is 11.9.